The maximum Gasteiger partial charge on any atom is 0.224 e. The van der Waals surface area contributed by atoms with Gasteiger partial charge in [0.15, 0.2) is 17.9 Å². The van der Waals surface area contributed by atoms with Crippen molar-refractivity contribution in [3.8, 4) is 0 Å². The van der Waals surface area contributed by atoms with Crippen LogP contribution in [0, 0.1) is 0 Å². The summed E-state index contributed by atoms with van der Waals surface area (Å²) >= 11 is 12.1. The summed E-state index contributed by atoms with van der Waals surface area (Å²) in [6.45, 7) is 7.67. The maximum absolute atomic E-state index is 12.8. The van der Waals surface area contributed by atoms with Gasteiger partial charge in [0.05, 0.1) is 19.1 Å². The summed E-state index contributed by atoms with van der Waals surface area (Å²) in [6.07, 6.45) is -1.75. The molecular weight excluding hydrogens is 421 g/mol. The van der Waals surface area contributed by atoms with E-state index in [2.05, 4.69) is 5.32 Å². The summed E-state index contributed by atoms with van der Waals surface area (Å²) < 4.78 is 29.6. The average Bonchev–Trinajstić information content (AvgIpc) is 3.20. The molecule has 29 heavy (non-hydrogen) atoms. The summed E-state index contributed by atoms with van der Waals surface area (Å²) in [5.74, 6) is -1.72. The number of halogens is 2. The summed E-state index contributed by atoms with van der Waals surface area (Å²) in [6, 6.07) is 4.61. The second-order valence-corrected chi connectivity index (χ2v) is 9.29. The fraction of sp³-hybridized carbons (Fsp3) is 0.650. The summed E-state index contributed by atoms with van der Waals surface area (Å²) in [4.78, 5) is 12.8. The van der Waals surface area contributed by atoms with Crippen LogP contribution in [-0.2, 0) is 34.9 Å². The number of rotatable bonds is 4. The van der Waals surface area contributed by atoms with Gasteiger partial charge in [-0.1, -0.05) is 29.3 Å². The molecule has 0 bridgehead atoms. The standard InChI is InChI=1S/C20H25Cl2NO6/c1-19(2)25-9-13(27-19)16-15(17-18(26-16)29-20(3,4)28-17)23-14(24)7-10-5-6-11(21)8-12(10)22/h5-6,8,13,15-18H,7,9H2,1-4H3,(H,23,24)/t13?,15-,16-,17-,18-/m1/s1. The van der Waals surface area contributed by atoms with Gasteiger partial charge in [-0.05, 0) is 45.4 Å². The van der Waals surface area contributed by atoms with E-state index >= 15 is 0 Å². The van der Waals surface area contributed by atoms with E-state index in [0.717, 1.165) is 0 Å². The molecule has 3 aliphatic heterocycles. The van der Waals surface area contributed by atoms with Gasteiger partial charge in [-0.25, -0.2) is 0 Å². The first-order valence-electron chi connectivity index (χ1n) is 9.59. The Balaban J connectivity index is 1.50. The molecule has 1 aromatic carbocycles. The lowest BCUT2D eigenvalue weighted by Crippen LogP contribution is -2.53. The van der Waals surface area contributed by atoms with Gasteiger partial charge >= 0.3 is 0 Å². The Morgan fingerprint density at radius 2 is 1.86 bits per heavy atom. The molecule has 1 aromatic rings. The summed E-state index contributed by atoms with van der Waals surface area (Å²) in [7, 11) is 0. The number of hydrogen-bond donors (Lipinski definition) is 1. The number of benzene rings is 1. The third-order valence-corrected chi connectivity index (χ3v) is 5.76. The van der Waals surface area contributed by atoms with Crippen molar-refractivity contribution in [2.75, 3.05) is 6.61 Å². The molecule has 160 valence electrons. The maximum atomic E-state index is 12.8. The predicted octanol–water partition coefficient (Wildman–Crippen LogP) is 3.05. The first-order chi connectivity index (χ1) is 13.5. The van der Waals surface area contributed by atoms with Crippen LogP contribution in [0.1, 0.15) is 33.3 Å². The molecule has 1 unspecified atom stereocenters. The molecule has 4 rings (SSSR count). The number of hydrogen-bond acceptors (Lipinski definition) is 6. The molecule has 0 aliphatic carbocycles. The minimum absolute atomic E-state index is 0.106. The van der Waals surface area contributed by atoms with Crippen molar-refractivity contribution in [2.45, 2.75) is 76.3 Å². The van der Waals surface area contributed by atoms with Gasteiger partial charge in [-0.15, -0.1) is 0 Å². The molecule has 0 radical (unpaired) electrons. The Kier molecular flexibility index (Phi) is 5.61. The van der Waals surface area contributed by atoms with Crippen LogP contribution in [0.25, 0.3) is 0 Å². The first-order valence-corrected chi connectivity index (χ1v) is 10.3. The van der Waals surface area contributed by atoms with Crippen LogP contribution in [0.4, 0.5) is 0 Å². The minimum atomic E-state index is -0.797. The molecule has 9 heteroatoms. The van der Waals surface area contributed by atoms with E-state index in [9.17, 15) is 4.79 Å². The molecule has 3 aliphatic rings. The SMILES string of the molecule is CC1(C)OCC([C@H]2O[C@@H]3OC(C)(C)O[C@@H]3[C@@H]2NC(=O)Cc2ccc(Cl)cc2Cl)O1. The van der Waals surface area contributed by atoms with Crippen molar-refractivity contribution in [2.24, 2.45) is 0 Å². The molecule has 1 amide bonds. The lowest BCUT2D eigenvalue weighted by atomic mass is 10.0. The van der Waals surface area contributed by atoms with Crippen LogP contribution >= 0.6 is 23.2 Å². The van der Waals surface area contributed by atoms with Crippen molar-refractivity contribution in [1.82, 2.24) is 5.32 Å². The van der Waals surface area contributed by atoms with Crippen molar-refractivity contribution in [3.63, 3.8) is 0 Å². The van der Waals surface area contributed by atoms with Crippen LogP contribution in [0.3, 0.4) is 0 Å². The molecule has 0 aromatic heterocycles. The second kappa shape index (κ2) is 7.64. The predicted molar refractivity (Wildman–Crippen MR) is 106 cm³/mol. The topological polar surface area (TPSA) is 75.3 Å². The Bertz CT molecular complexity index is 801. The Hall–Kier alpha value is -0.930. The third kappa shape index (κ3) is 4.56. The Morgan fingerprint density at radius 1 is 1.10 bits per heavy atom. The highest BCUT2D eigenvalue weighted by molar-refractivity contribution is 6.35. The van der Waals surface area contributed by atoms with Gasteiger partial charge in [0, 0.05) is 10.0 Å². The van der Waals surface area contributed by atoms with Crippen LogP contribution in [0.15, 0.2) is 18.2 Å². The zero-order chi connectivity index (χ0) is 21.0. The Morgan fingerprint density at radius 3 is 2.52 bits per heavy atom. The van der Waals surface area contributed by atoms with Gasteiger partial charge in [0.1, 0.15) is 18.3 Å². The highest BCUT2D eigenvalue weighted by Crippen LogP contribution is 2.40. The average molecular weight is 446 g/mol. The van der Waals surface area contributed by atoms with E-state index in [-0.39, 0.29) is 18.4 Å². The van der Waals surface area contributed by atoms with Crippen molar-refractivity contribution >= 4 is 29.1 Å². The van der Waals surface area contributed by atoms with Crippen LogP contribution < -0.4 is 5.32 Å². The fourth-order valence-electron chi connectivity index (χ4n) is 3.97. The van der Waals surface area contributed by atoms with E-state index in [1.807, 2.05) is 27.7 Å². The molecule has 3 saturated heterocycles. The molecule has 7 nitrogen and oxygen atoms in total. The lowest BCUT2D eigenvalue weighted by Gasteiger charge is -2.29. The minimum Gasteiger partial charge on any atom is -0.348 e. The van der Waals surface area contributed by atoms with Gasteiger partial charge in [-0.3, -0.25) is 4.79 Å². The first kappa shape index (κ1) is 21.3. The number of fused-ring (bicyclic) bond motifs is 1. The van der Waals surface area contributed by atoms with E-state index in [1.54, 1.807) is 18.2 Å². The highest BCUT2D eigenvalue weighted by atomic mass is 35.5. The zero-order valence-electron chi connectivity index (χ0n) is 16.7. The molecule has 5 atom stereocenters. The number of amides is 1. The summed E-state index contributed by atoms with van der Waals surface area (Å²) in [5.41, 5.74) is 0.686. The number of ether oxygens (including phenoxy) is 5. The number of carbonyl (C=O) groups is 1. The normalized spacial score (nSPS) is 34.9. The van der Waals surface area contributed by atoms with E-state index < -0.39 is 36.1 Å². The van der Waals surface area contributed by atoms with Crippen LogP contribution in [-0.4, -0.2) is 54.7 Å². The number of nitrogens with one attached hydrogen (secondary N) is 1. The molecule has 0 spiro atoms. The quantitative estimate of drug-likeness (QED) is 0.767. The van der Waals surface area contributed by atoms with Crippen molar-refractivity contribution in [1.29, 1.82) is 0 Å². The van der Waals surface area contributed by atoms with E-state index in [0.29, 0.717) is 22.2 Å². The fourth-order valence-corrected chi connectivity index (χ4v) is 4.44. The second-order valence-electron chi connectivity index (χ2n) is 8.44. The van der Waals surface area contributed by atoms with Crippen molar-refractivity contribution < 1.29 is 28.5 Å². The lowest BCUT2D eigenvalue weighted by molar-refractivity contribution is -0.223. The van der Waals surface area contributed by atoms with Crippen LogP contribution in [0.2, 0.25) is 10.0 Å². The van der Waals surface area contributed by atoms with E-state index in [4.69, 9.17) is 46.9 Å². The van der Waals surface area contributed by atoms with Crippen molar-refractivity contribution in [3.05, 3.63) is 33.8 Å². The smallest absolute Gasteiger partial charge is 0.224 e. The summed E-state index contributed by atoms with van der Waals surface area (Å²) in [5, 5.41) is 4.00. The third-order valence-electron chi connectivity index (χ3n) is 5.18. The Labute approximate surface area is 179 Å². The van der Waals surface area contributed by atoms with Gasteiger partial charge in [-0.2, -0.15) is 0 Å². The van der Waals surface area contributed by atoms with Gasteiger partial charge in [0.25, 0.3) is 0 Å². The van der Waals surface area contributed by atoms with E-state index in [1.165, 1.54) is 0 Å². The van der Waals surface area contributed by atoms with Gasteiger partial charge in [0.2, 0.25) is 5.91 Å². The monoisotopic (exact) mass is 445 g/mol. The number of carbonyl (C=O) groups excluding carboxylic acids is 1. The largest absolute Gasteiger partial charge is 0.348 e. The highest BCUT2D eigenvalue weighted by Gasteiger charge is 2.58. The zero-order valence-corrected chi connectivity index (χ0v) is 18.3. The molecule has 0 saturated carbocycles. The van der Waals surface area contributed by atoms with Gasteiger partial charge < -0.3 is 29.0 Å². The van der Waals surface area contributed by atoms with Crippen LogP contribution in [0.5, 0.6) is 0 Å². The molecule has 1 N–H and O–H groups in total. The molecular formula is C20H25Cl2NO6. The molecule has 3 heterocycles. The molecule has 3 fully saturated rings.